The zero-order chi connectivity index (χ0) is 10.3. The van der Waals surface area contributed by atoms with Crippen molar-refractivity contribution in [3.05, 3.63) is 12.2 Å². The third kappa shape index (κ3) is 1.58. The molecule has 1 amide bonds. The van der Waals surface area contributed by atoms with Gasteiger partial charge in [0.2, 0.25) is 5.91 Å². The fourth-order valence-electron chi connectivity index (χ4n) is 2.69. The fraction of sp³-hybridized carbons (Fsp3) is 0.727. The summed E-state index contributed by atoms with van der Waals surface area (Å²) in [5.74, 6) is 1.05. The Kier molecular flexibility index (Phi) is 2.25. The van der Waals surface area contributed by atoms with Crippen molar-refractivity contribution in [2.24, 2.45) is 11.8 Å². The summed E-state index contributed by atoms with van der Waals surface area (Å²) in [5.41, 5.74) is 2.98. The number of carbonyl (C=O) groups is 1. The summed E-state index contributed by atoms with van der Waals surface area (Å²) in [7, 11) is 0. The Morgan fingerprint density at radius 2 is 2.13 bits per heavy atom. The van der Waals surface area contributed by atoms with Gasteiger partial charge in [-0.05, 0) is 12.8 Å². The van der Waals surface area contributed by atoms with Crippen LogP contribution in [0.3, 0.4) is 0 Å². The van der Waals surface area contributed by atoms with Gasteiger partial charge in [0.1, 0.15) is 0 Å². The molecule has 15 heavy (non-hydrogen) atoms. The van der Waals surface area contributed by atoms with Gasteiger partial charge in [-0.25, -0.2) is 0 Å². The molecule has 4 nitrogen and oxygen atoms in total. The van der Waals surface area contributed by atoms with E-state index in [0.29, 0.717) is 17.9 Å². The van der Waals surface area contributed by atoms with Crippen molar-refractivity contribution in [1.82, 2.24) is 10.4 Å². The van der Waals surface area contributed by atoms with E-state index in [-0.39, 0.29) is 5.92 Å². The molecular formula is C11H16N2O2. The SMILES string of the molecule is O=C(C1CC=CC1)N1CC2CONC2C1. The first-order valence-corrected chi connectivity index (χ1v) is 5.65. The summed E-state index contributed by atoms with van der Waals surface area (Å²) in [5, 5.41) is 0. The molecule has 2 fully saturated rings. The van der Waals surface area contributed by atoms with Crippen molar-refractivity contribution in [2.45, 2.75) is 18.9 Å². The first-order valence-electron chi connectivity index (χ1n) is 5.65. The van der Waals surface area contributed by atoms with E-state index in [1.807, 2.05) is 4.90 Å². The van der Waals surface area contributed by atoms with E-state index in [9.17, 15) is 4.79 Å². The monoisotopic (exact) mass is 208 g/mol. The molecule has 2 aliphatic heterocycles. The second-order valence-electron chi connectivity index (χ2n) is 4.68. The molecule has 3 rings (SSSR count). The molecule has 0 saturated carbocycles. The van der Waals surface area contributed by atoms with Crippen LogP contribution in [-0.4, -0.2) is 36.5 Å². The Morgan fingerprint density at radius 3 is 2.87 bits per heavy atom. The lowest BCUT2D eigenvalue weighted by Gasteiger charge is -2.21. The Hall–Kier alpha value is -0.870. The molecule has 2 heterocycles. The average Bonchev–Trinajstić information content (AvgIpc) is 2.92. The highest BCUT2D eigenvalue weighted by Crippen LogP contribution is 2.26. The lowest BCUT2D eigenvalue weighted by molar-refractivity contribution is -0.134. The van der Waals surface area contributed by atoms with Crippen LogP contribution in [0.25, 0.3) is 0 Å². The van der Waals surface area contributed by atoms with Crippen molar-refractivity contribution in [3.8, 4) is 0 Å². The molecule has 2 saturated heterocycles. The van der Waals surface area contributed by atoms with E-state index in [2.05, 4.69) is 17.6 Å². The van der Waals surface area contributed by atoms with Gasteiger partial charge in [0.15, 0.2) is 0 Å². The van der Waals surface area contributed by atoms with Crippen molar-refractivity contribution >= 4 is 5.91 Å². The number of hydroxylamine groups is 1. The summed E-state index contributed by atoms with van der Waals surface area (Å²) in [6, 6.07) is 0.364. The van der Waals surface area contributed by atoms with Gasteiger partial charge >= 0.3 is 0 Å². The molecule has 82 valence electrons. The van der Waals surface area contributed by atoms with Crippen molar-refractivity contribution in [2.75, 3.05) is 19.7 Å². The number of fused-ring (bicyclic) bond motifs is 1. The lowest BCUT2D eigenvalue weighted by Crippen LogP contribution is -2.36. The maximum Gasteiger partial charge on any atom is 0.226 e. The van der Waals surface area contributed by atoms with Crippen LogP contribution in [0.4, 0.5) is 0 Å². The number of carbonyl (C=O) groups excluding carboxylic acids is 1. The number of rotatable bonds is 1. The van der Waals surface area contributed by atoms with Crippen LogP contribution in [0.2, 0.25) is 0 Å². The van der Waals surface area contributed by atoms with Gasteiger partial charge in [0.25, 0.3) is 0 Å². The predicted molar refractivity (Wildman–Crippen MR) is 54.8 cm³/mol. The molecule has 0 bridgehead atoms. The maximum absolute atomic E-state index is 12.1. The van der Waals surface area contributed by atoms with Gasteiger partial charge in [-0.3, -0.25) is 4.79 Å². The van der Waals surface area contributed by atoms with Gasteiger partial charge in [-0.15, -0.1) is 0 Å². The minimum Gasteiger partial charge on any atom is -0.340 e. The van der Waals surface area contributed by atoms with E-state index in [1.165, 1.54) is 0 Å². The minimum atomic E-state index is 0.213. The molecule has 0 aromatic heterocycles. The van der Waals surface area contributed by atoms with Crippen LogP contribution in [0.15, 0.2) is 12.2 Å². The van der Waals surface area contributed by atoms with Gasteiger partial charge < -0.3 is 9.74 Å². The largest absolute Gasteiger partial charge is 0.340 e. The number of nitrogens with zero attached hydrogens (tertiary/aromatic N) is 1. The highest BCUT2D eigenvalue weighted by atomic mass is 16.7. The number of likely N-dealkylation sites (tertiary alicyclic amines) is 1. The predicted octanol–water partition coefficient (Wildman–Crippen LogP) is 0.314. The van der Waals surface area contributed by atoms with Gasteiger partial charge in [0.05, 0.1) is 12.6 Å². The molecule has 4 heteroatoms. The van der Waals surface area contributed by atoms with Crippen molar-refractivity contribution < 1.29 is 9.63 Å². The highest BCUT2D eigenvalue weighted by Gasteiger charge is 2.40. The van der Waals surface area contributed by atoms with Crippen LogP contribution >= 0.6 is 0 Å². The number of hydrogen-bond acceptors (Lipinski definition) is 3. The van der Waals surface area contributed by atoms with Crippen molar-refractivity contribution in [3.63, 3.8) is 0 Å². The molecule has 0 radical (unpaired) electrons. The van der Waals surface area contributed by atoms with Gasteiger partial charge in [-0.1, -0.05) is 12.2 Å². The topological polar surface area (TPSA) is 41.6 Å². The summed E-state index contributed by atoms with van der Waals surface area (Å²) >= 11 is 0. The van der Waals surface area contributed by atoms with Crippen LogP contribution in [-0.2, 0) is 9.63 Å². The minimum absolute atomic E-state index is 0.213. The van der Waals surface area contributed by atoms with E-state index in [4.69, 9.17) is 4.84 Å². The molecule has 0 aromatic carbocycles. The average molecular weight is 208 g/mol. The van der Waals surface area contributed by atoms with E-state index in [1.54, 1.807) is 0 Å². The van der Waals surface area contributed by atoms with Crippen LogP contribution < -0.4 is 5.48 Å². The third-order valence-electron chi connectivity index (χ3n) is 3.64. The van der Waals surface area contributed by atoms with Gasteiger partial charge in [0, 0.05) is 24.9 Å². The molecule has 0 aromatic rings. The zero-order valence-corrected chi connectivity index (χ0v) is 8.69. The van der Waals surface area contributed by atoms with Crippen LogP contribution in [0.5, 0.6) is 0 Å². The van der Waals surface area contributed by atoms with Crippen molar-refractivity contribution in [1.29, 1.82) is 0 Å². The van der Waals surface area contributed by atoms with Crippen LogP contribution in [0.1, 0.15) is 12.8 Å². The Bertz CT molecular complexity index is 283. The maximum atomic E-state index is 12.1. The fourth-order valence-corrected chi connectivity index (χ4v) is 2.69. The second kappa shape index (κ2) is 3.61. The quantitative estimate of drug-likeness (QED) is 0.631. The van der Waals surface area contributed by atoms with Crippen LogP contribution in [0, 0.1) is 11.8 Å². The smallest absolute Gasteiger partial charge is 0.226 e. The molecule has 2 unspecified atom stereocenters. The Balaban J connectivity index is 1.62. The molecule has 0 spiro atoms. The highest BCUT2D eigenvalue weighted by molar-refractivity contribution is 5.80. The number of nitrogens with one attached hydrogen (secondary N) is 1. The normalized spacial score (nSPS) is 35.1. The van der Waals surface area contributed by atoms with E-state index in [0.717, 1.165) is 32.5 Å². The Morgan fingerprint density at radius 1 is 1.33 bits per heavy atom. The van der Waals surface area contributed by atoms with E-state index < -0.39 is 0 Å². The standard InChI is InChI=1S/C11H16N2O2/c14-11(8-3-1-2-4-8)13-5-9-7-15-12-10(9)6-13/h1-2,8-10,12H,3-7H2. The summed E-state index contributed by atoms with van der Waals surface area (Å²) in [6.07, 6.45) is 6.07. The molecule has 2 atom stereocenters. The molecular weight excluding hydrogens is 192 g/mol. The number of allylic oxidation sites excluding steroid dienone is 2. The third-order valence-corrected chi connectivity index (χ3v) is 3.64. The first kappa shape index (κ1) is 9.36. The summed E-state index contributed by atoms with van der Waals surface area (Å²) in [6.45, 7) is 2.43. The Labute approximate surface area is 89.2 Å². The molecule has 1 N–H and O–H groups in total. The first-order chi connectivity index (χ1) is 7.34. The summed E-state index contributed by atoms with van der Waals surface area (Å²) < 4.78 is 0. The van der Waals surface area contributed by atoms with E-state index >= 15 is 0 Å². The molecule has 1 aliphatic carbocycles. The summed E-state index contributed by atoms with van der Waals surface area (Å²) in [4.78, 5) is 19.3. The second-order valence-corrected chi connectivity index (χ2v) is 4.68. The number of hydrogen-bond donors (Lipinski definition) is 1. The number of amides is 1. The zero-order valence-electron chi connectivity index (χ0n) is 8.69. The lowest BCUT2D eigenvalue weighted by atomic mass is 10.1. The molecule has 3 aliphatic rings. The van der Waals surface area contributed by atoms with Gasteiger partial charge in [-0.2, -0.15) is 5.48 Å².